The third-order valence-electron chi connectivity index (χ3n) is 4.23. The van der Waals surface area contributed by atoms with Crippen molar-refractivity contribution in [2.75, 3.05) is 19.6 Å². The lowest BCUT2D eigenvalue weighted by Crippen LogP contribution is -2.30. The van der Waals surface area contributed by atoms with Crippen LogP contribution in [0.2, 0.25) is 5.02 Å². The molecule has 0 radical (unpaired) electrons. The minimum atomic E-state index is 0.212. The van der Waals surface area contributed by atoms with E-state index in [9.17, 15) is 4.79 Å². The molecule has 2 saturated carbocycles. The number of hydrogen-bond acceptors (Lipinski definition) is 2. The van der Waals surface area contributed by atoms with Crippen molar-refractivity contribution in [1.82, 2.24) is 4.90 Å². The maximum atomic E-state index is 12.2. The Bertz CT molecular complexity index is 466. The summed E-state index contributed by atoms with van der Waals surface area (Å²) in [7, 11) is 0. The van der Waals surface area contributed by atoms with E-state index in [1.807, 2.05) is 18.2 Å². The van der Waals surface area contributed by atoms with E-state index in [1.54, 1.807) is 6.07 Å². The van der Waals surface area contributed by atoms with Crippen molar-refractivity contribution in [2.24, 2.45) is 11.8 Å². The van der Waals surface area contributed by atoms with Crippen molar-refractivity contribution in [3.63, 3.8) is 0 Å². The minimum absolute atomic E-state index is 0.212. The quantitative estimate of drug-likeness (QED) is 0.674. The zero-order valence-corrected chi connectivity index (χ0v) is 12.6. The van der Waals surface area contributed by atoms with Crippen LogP contribution in [0.4, 0.5) is 0 Å². The van der Waals surface area contributed by atoms with E-state index in [1.165, 1.54) is 38.8 Å². The predicted octanol–water partition coefficient (Wildman–Crippen LogP) is 4.03. The van der Waals surface area contributed by atoms with E-state index < -0.39 is 0 Å². The molecule has 20 heavy (non-hydrogen) atoms. The Morgan fingerprint density at radius 2 is 1.80 bits per heavy atom. The monoisotopic (exact) mass is 291 g/mol. The van der Waals surface area contributed by atoms with Gasteiger partial charge in [-0.15, -0.1) is 0 Å². The predicted molar refractivity (Wildman–Crippen MR) is 82.3 cm³/mol. The standard InChI is InChI=1S/C17H22ClNO/c18-16-3-1-2-15(10-16)17(20)8-9-19(11-13-4-5-13)12-14-6-7-14/h1-3,10,13-14H,4-9,11-12H2. The fourth-order valence-electron chi connectivity index (χ4n) is 2.65. The van der Waals surface area contributed by atoms with Gasteiger partial charge in [0.2, 0.25) is 0 Å². The summed E-state index contributed by atoms with van der Waals surface area (Å²) in [6, 6.07) is 7.29. The summed E-state index contributed by atoms with van der Waals surface area (Å²) in [5.74, 6) is 2.01. The number of Topliss-reactive ketones (excluding diaryl/α,β-unsaturated/α-hetero) is 1. The second-order valence-electron chi connectivity index (χ2n) is 6.33. The second kappa shape index (κ2) is 6.28. The molecule has 2 aliphatic rings. The molecule has 2 aliphatic carbocycles. The third-order valence-corrected chi connectivity index (χ3v) is 4.46. The van der Waals surface area contributed by atoms with Gasteiger partial charge in [0.25, 0.3) is 0 Å². The van der Waals surface area contributed by atoms with Gasteiger partial charge in [0.05, 0.1) is 0 Å². The molecule has 3 heteroatoms. The topological polar surface area (TPSA) is 20.3 Å². The lowest BCUT2D eigenvalue weighted by molar-refractivity contribution is 0.0961. The fraction of sp³-hybridized carbons (Fsp3) is 0.588. The van der Waals surface area contributed by atoms with Crippen LogP contribution in [0.3, 0.4) is 0 Å². The molecular formula is C17H22ClNO. The van der Waals surface area contributed by atoms with Crippen LogP contribution in [0.1, 0.15) is 42.5 Å². The van der Waals surface area contributed by atoms with Crippen molar-refractivity contribution < 1.29 is 4.79 Å². The van der Waals surface area contributed by atoms with Crippen LogP contribution in [-0.2, 0) is 0 Å². The lowest BCUT2D eigenvalue weighted by Gasteiger charge is -2.21. The molecule has 0 saturated heterocycles. The van der Waals surface area contributed by atoms with Gasteiger partial charge >= 0.3 is 0 Å². The Hall–Kier alpha value is -0.860. The Kier molecular flexibility index (Phi) is 4.42. The van der Waals surface area contributed by atoms with Crippen molar-refractivity contribution in [3.05, 3.63) is 34.9 Å². The fourth-order valence-corrected chi connectivity index (χ4v) is 2.84. The number of halogens is 1. The van der Waals surface area contributed by atoms with Crippen LogP contribution < -0.4 is 0 Å². The number of carbonyl (C=O) groups excluding carboxylic acids is 1. The SMILES string of the molecule is O=C(CCN(CC1CC1)CC1CC1)c1cccc(Cl)c1. The van der Waals surface area contributed by atoms with E-state index in [0.29, 0.717) is 11.4 Å². The number of nitrogens with zero attached hydrogens (tertiary/aromatic N) is 1. The normalized spacial score (nSPS) is 18.5. The molecule has 2 nitrogen and oxygen atoms in total. The molecule has 0 unspecified atom stereocenters. The first-order valence-electron chi connectivity index (χ1n) is 7.72. The highest BCUT2D eigenvalue weighted by molar-refractivity contribution is 6.31. The van der Waals surface area contributed by atoms with Gasteiger partial charge in [0, 0.05) is 36.6 Å². The first kappa shape index (κ1) is 14.1. The summed E-state index contributed by atoms with van der Waals surface area (Å²) in [4.78, 5) is 14.7. The Labute approximate surface area is 126 Å². The Morgan fingerprint density at radius 3 is 2.35 bits per heavy atom. The molecule has 0 amide bonds. The van der Waals surface area contributed by atoms with Crippen molar-refractivity contribution in [2.45, 2.75) is 32.1 Å². The summed E-state index contributed by atoms with van der Waals surface area (Å²) in [6.45, 7) is 3.29. The number of benzene rings is 1. The average Bonchev–Trinajstić information content (AvgIpc) is 3.31. The molecule has 0 spiro atoms. The van der Waals surface area contributed by atoms with Gasteiger partial charge in [0.15, 0.2) is 5.78 Å². The molecule has 0 aromatic heterocycles. The maximum Gasteiger partial charge on any atom is 0.164 e. The van der Waals surface area contributed by atoms with Gasteiger partial charge in [-0.2, -0.15) is 0 Å². The Balaban J connectivity index is 1.51. The van der Waals surface area contributed by atoms with E-state index >= 15 is 0 Å². The summed E-state index contributed by atoms with van der Waals surface area (Å²) in [5, 5.41) is 0.642. The molecule has 2 fully saturated rings. The number of carbonyl (C=O) groups is 1. The minimum Gasteiger partial charge on any atom is -0.302 e. The lowest BCUT2D eigenvalue weighted by atomic mass is 10.1. The van der Waals surface area contributed by atoms with Crippen LogP contribution in [0.5, 0.6) is 0 Å². The number of hydrogen-bond donors (Lipinski definition) is 0. The first-order chi connectivity index (χ1) is 9.70. The van der Waals surface area contributed by atoms with Crippen LogP contribution in [0.25, 0.3) is 0 Å². The molecule has 1 aromatic rings. The van der Waals surface area contributed by atoms with Crippen molar-refractivity contribution in [1.29, 1.82) is 0 Å². The molecule has 0 heterocycles. The maximum absolute atomic E-state index is 12.2. The second-order valence-corrected chi connectivity index (χ2v) is 6.77. The summed E-state index contributed by atoms with van der Waals surface area (Å²) < 4.78 is 0. The molecule has 0 atom stereocenters. The highest BCUT2D eigenvalue weighted by Crippen LogP contribution is 2.33. The van der Waals surface area contributed by atoms with Crippen LogP contribution in [-0.4, -0.2) is 30.3 Å². The molecule has 1 aromatic carbocycles. The van der Waals surface area contributed by atoms with Gasteiger partial charge < -0.3 is 4.90 Å². The first-order valence-corrected chi connectivity index (χ1v) is 8.09. The van der Waals surface area contributed by atoms with Gasteiger partial charge in [-0.3, -0.25) is 4.79 Å². The summed E-state index contributed by atoms with van der Waals surface area (Å²) >= 11 is 5.94. The molecule has 0 N–H and O–H groups in total. The third kappa shape index (κ3) is 4.32. The molecule has 3 rings (SSSR count). The molecular weight excluding hydrogens is 270 g/mol. The van der Waals surface area contributed by atoms with Gasteiger partial charge in [-0.25, -0.2) is 0 Å². The molecule has 0 bridgehead atoms. The van der Waals surface area contributed by atoms with Crippen molar-refractivity contribution >= 4 is 17.4 Å². The Morgan fingerprint density at radius 1 is 1.15 bits per heavy atom. The highest BCUT2D eigenvalue weighted by atomic mass is 35.5. The smallest absolute Gasteiger partial charge is 0.164 e. The zero-order chi connectivity index (χ0) is 13.9. The summed E-state index contributed by atoms with van der Waals surface area (Å²) in [5.41, 5.74) is 0.746. The molecule has 108 valence electrons. The summed E-state index contributed by atoms with van der Waals surface area (Å²) in [6.07, 6.45) is 6.12. The van der Waals surface area contributed by atoms with Crippen LogP contribution in [0, 0.1) is 11.8 Å². The van der Waals surface area contributed by atoms with E-state index in [2.05, 4.69) is 4.90 Å². The van der Waals surface area contributed by atoms with Crippen LogP contribution >= 0.6 is 11.6 Å². The average molecular weight is 292 g/mol. The van der Waals surface area contributed by atoms with Gasteiger partial charge in [-0.1, -0.05) is 23.7 Å². The highest BCUT2D eigenvalue weighted by Gasteiger charge is 2.29. The van der Waals surface area contributed by atoms with Crippen molar-refractivity contribution in [3.8, 4) is 0 Å². The van der Waals surface area contributed by atoms with E-state index in [-0.39, 0.29) is 5.78 Å². The largest absolute Gasteiger partial charge is 0.302 e. The number of ketones is 1. The van der Waals surface area contributed by atoms with Gasteiger partial charge in [-0.05, 0) is 49.7 Å². The molecule has 0 aliphatic heterocycles. The van der Waals surface area contributed by atoms with Crippen LogP contribution in [0.15, 0.2) is 24.3 Å². The van der Waals surface area contributed by atoms with Gasteiger partial charge in [0.1, 0.15) is 0 Å². The zero-order valence-electron chi connectivity index (χ0n) is 11.9. The number of rotatable bonds is 8. The van der Waals surface area contributed by atoms with E-state index in [0.717, 1.165) is 23.9 Å². The van der Waals surface area contributed by atoms with E-state index in [4.69, 9.17) is 11.6 Å².